The van der Waals surface area contributed by atoms with Crippen molar-refractivity contribution in [3.63, 3.8) is 0 Å². The van der Waals surface area contributed by atoms with E-state index >= 15 is 0 Å². The summed E-state index contributed by atoms with van der Waals surface area (Å²) in [5.41, 5.74) is 0. The quantitative estimate of drug-likeness (QED) is 0.267. The van der Waals surface area contributed by atoms with Gasteiger partial charge in [0.2, 0.25) is 0 Å². The zero-order valence-electron chi connectivity index (χ0n) is 18.6. The van der Waals surface area contributed by atoms with Crippen molar-refractivity contribution in [1.82, 2.24) is 0 Å². The molecular weight excluding hydrogens is 443 g/mol. The molecule has 160 valence electrons. The van der Waals surface area contributed by atoms with E-state index in [1.54, 1.807) is 20.4 Å². The first kappa shape index (κ1) is 24.0. The summed E-state index contributed by atoms with van der Waals surface area (Å²) in [4.78, 5) is 0. The third-order valence-electron chi connectivity index (χ3n) is 7.19. The predicted molar refractivity (Wildman–Crippen MR) is 117 cm³/mol. The van der Waals surface area contributed by atoms with Gasteiger partial charge in [-0.1, -0.05) is 0 Å². The fourth-order valence-corrected chi connectivity index (χ4v) is 26.0. The van der Waals surface area contributed by atoms with Gasteiger partial charge in [0.25, 0.3) is 0 Å². The van der Waals surface area contributed by atoms with Crippen LogP contribution in [0, 0.1) is 5.92 Å². The number of hydrogen-bond donors (Lipinski definition) is 0. The van der Waals surface area contributed by atoms with Crippen LogP contribution in [0.1, 0.15) is 85.0 Å². The Morgan fingerprint density at radius 1 is 0.889 bits per heavy atom. The maximum atomic E-state index is 6.44. The van der Waals surface area contributed by atoms with Gasteiger partial charge in [0, 0.05) is 0 Å². The minimum atomic E-state index is -2.23. The van der Waals surface area contributed by atoms with Gasteiger partial charge in [-0.2, -0.15) is 0 Å². The van der Waals surface area contributed by atoms with Crippen molar-refractivity contribution in [2.24, 2.45) is 5.92 Å². The van der Waals surface area contributed by atoms with Gasteiger partial charge in [-0.15, -0.1) is 0 Å². The molecule has 4 atom stereocenters. The van der Waals surface area contributed by atoms with Gasteiger partial charge in [0.15, 0.2) is 0 Å². The number of methoxy groups -OCH3 is 1. The van der Waals surface area contributed by atoms with E-state index in [9.17, 15) is 0 Å². The zero-order chi connectivity index (χ0) is 19.5. The van der Waals surface area contributed by atoms with E-state index in [1.165, 1.54) is 57.8 Å². The Morgan fingerprint density at radius 2 is 1.52 bits per heavy atom. The van der Waals surface area contributed by atoms with Gasteiger partial charge in [-0.25, -0.2) is 0 Å². The minimum absolute atomic E-state index is 0.0485. The number of ether oxygens (including phenoxy) is 3. The normalized spacial score (nSPS) is 29.3. The molecule has 0 bridgehead atoms. The molecule has 1 saturated heterocycles. The Bertz CT molecular complexity index is 366. The van der Waals surface area contributed by atoms with Crippen LogP contribution < -0.4 is 0 Å². The Labute approximate surface area is 173 Å². The molecule has 1 heterocycles. The van der Waals surface area contributed by atoms with E-state index in [0.717, 1.165) is 17.0 Å². The molecule has 3 nitrogen and oxygen atoms in total. The van der Waals surface area contributed by atoms with Crippen LogP contribution >= 0.6 is 0 Å². The second-order valence-electron chi connectivity index (χ2n) is 9.12. The van der Waals surface area contributed by atoms with Crippen LogP contribution in [0.2, 0.25) is 17.2 Å². The van der Waals surface area contributed by atoms with Crippen molar-refractivity contribution in [3.8, 4) is 0 Å². The van der Waals surface area contributed by atoms with Crippen LogP contribution in [0.3, 0.4) is 0 Å². The Morgan fingerprint density at radius 3 is 2.07 bits per heavy atom. The van der Waals surface area contributed by atoms with Gasteiger partial charge in [0.1, 0.15) is 0 Å². The second kappa shape index (κ2) is 13.1. The summed E-state index contributed by atoms with van der Waals surface area (Å²) in [6, 6.07) is 0. The third-order valence-corrected chi connectivity index (χ3v) is 25.3. The van der Waals surface area contributed by atoms with Gasteiger partial charge in [0.05, 0.1) is 0 Å². The SMILES string of the molecule is CCC[CH2][Sn]([CH2]CCC)([CH2]CCC)[CH]1CCCC1C1OCCC(COC)O1. The van der Waals surface area contributed by atoms with Crippen LogP contribution in [-0.2, 0) is 14.2 Å². The van der Waals surface area contributed by atoms with Gasteiger partial charge in [-0.3, -0.25) is 0 Å². The maximum absolute atomic E-state index is 6.44. The first-order valence-electron chi connectivity index (χ1n) is 12.0. The van der Waals surface area contributed by atoms with Crippen LogP contribution in [0.4, 0.5) is 0 Å². The molecule has 0 aromatic rings. The monoisotopic (exact) mass is 490 g/mol. The molecule has 0 aromatic heterocycles. The molecule has 2 rings (SSSR count). The van der Waals surface area contributed by atoms with Crippen molar-refractivity contribution in [2.75, 3.05) is 20.3 Å². The molecule has 0 spiro atoms. The molecule has 27 heavy (non-hydrogen) atoms. The third kappa shape index (κ3) is 6.86. The molecule has 1 aliphatic carbocycles. The summed E-state index contributed by atoms with van der Waals surface area (Å²) < 4.78 is 23.9. The predicted octanol–water partition coefficient (Wildman–Crippen LogP) is 6.78. The van der Waals surface area contributed by atoms with E-state index in [-0.39, 0.29) is 12.4 Å². The van der Waals surface area contributed by atoms with Crippen molar-refractivity contribution in [2.45, 2.75) is 115 Å². The summed E-state index contributed by atoms with van der Waals surface area (Å²) >= 11 is -2.23. The standard InChI is InChI=1S/C11H19O3.3C4H9.Sn/c1-12-8-10-6-7-13-11(14-10)9-4-2-3-5-9;3*1-3-4-2;/h4,9-11H,2-3,5-8H2,1H3;3*1,3-4H2,2H3;. The first-order chi connectivity index (χ1) is 13.2. The van der Waals surface area contributed by atoms with Crippen LogP contribution in [-0.4, -0.2) is 51.1 Å². The average Bonchev–Trinajstić information content (AvgIpc) is 3.19. The molecule has 1 aliphatic heterocycles. The van der Waals surface area contributed by atoms with Gasteiger partial charge < -0.3 is 0 Å². The zero-order valence-corrected chi connectivity index (χ0v) is 21.5. The van der Waals surface area contributed by atoms with Crippen molar-refractivity contribution < 1.29 is 14.2 Å². The summed E-state index contributed by atoms with van der Waals surface area (Å²) in [6.45, 7) is 8.71. The summed E-state index contributed by atoms with van der Waals surface area (Å²) in [6.07, 6.45) is 13.9. The van der Waals surface area contributed by atoms with E-state index in [0.29, 0.717) is 12.5 Å². The van der Waals surface area contributed by atoms with E-state index in [2.05, 4.69) is 20.8 Å². The molecule has 2 aliphatic rings. The Kier molecular flexibility index (Phi) is 11.6. The van der Waals surface area contributed by atoms with E-state index in [4.69, 9.17) is 14.2 Å². The number of unbranched alkanes of at least 4 members (excludes halogenated alkanes) is 3. The summed E-state index contributed by atoms with van der Waals surface area (Å²) in [5.74, 6) is 0.672. The van der Waals surface area contributed by atoms with Gasteiger partial charge >= 0.3 is 173 Å². The van der Waals surface area contributed by atoms with Crippen molar-refractivity contribution >= 4 is 18.4 Å². The van der Waals surface area contributed by atoms with E-state index < -0.39 is 18.4 Å². The summed E-state index contributed by atoms with van der Waals surface area (Å²) in [7, 11) is 1.79. The van der Waals surface area contributed by atoms with Crippen LogP contribution in [0.5, 0.6) is 0 Å². The fourth-order valence-electron chi connectivity index (χ4n) is 5.74. The van der Waals surface area contributed by atoms with Crippen molar-refractivity contribution in [1.29, 1.82) is 0 Å². The average molecular weight is 489 g/mol. The molecule has 4 unspecified atom stereocenters. The van der Waals surface area contributed by atoms with Crippen LogP contribution in [0.15, 0.2) is 0 Å². The number of rotatable bonds is 13. The molecule has 1 saturated carbocycles. The Hall–Kier alpha value is 0.679. The molecular formula is C23H46O3Sn. The number of hydrogen-bond acceptors (Lipinski definition) is 3. The molecule has 0 N–H and O–H groups in total. The van der Waals surface area contributed by atoms with Gasteiger partial charge in [-0.05, 0) is 0 Å². The second-order valence-corrected chi connectivity index (χ2v) is 23.3. The Balaban J connectivity index is 2.17. The molecule has 0 aromatic carbocycles. The molecule has 4 heteroatoms. The van der Waals surface area contributed by atoms with E-state index in [1.807, 2.05) is 0 Å². The summed E-state index contributed by atoms with van der Waals surface area (Å²) in [5, 5.41) is 0. The van der Waals surface area contributed by atoms with Crippen LogP contribution in [0.25, 0.3) is 0 Å². The first-order valence-corrected chi connectivity index (χ1v) is 19.7. The molecule has 0 amide bonds. The topological polar surface area (TPSA) is 27.7 Å². The molecule has 2 fully saturated rings. The fraction of sp³-hybridized carbons (Fsp3) is 1.00. The molecule has 0 radical (unpaired) electrons. The van der Waals surface area contributed by atoms with Crippen molar-refractivity contribution in [3.05, 3.63) is 0 Å².